The van der Waals surface area contributed by atoms with E-state index >= 15 is 0 Å². The van der Waals surface area contributed by atoms with E-state index in [4.69, 9.17) is 4.74 Å². The number of para-hydroxylation sites is 1. The molecule has 0 amide bonds. The zero-order chi connectivity index (χ0) is 15.1. The second-order valence-electron chi connectivity index (χ2n) is 4.88. The Morgan fingerprint density at radius 1 is 1.00 bits per heavy atom. The first-order valence-corrected chi connectivity index (χ1v) is 8.26. The molecule has 1 N–H and O–H groups in total. The van der Waals surface area contributed by atoms with E-state index in [2.05, 4.69) is 58.5 Å². The van der Waals surface area contributed by atoms with Crippen molar-refractivity contribution in [2.24, 2.45) is 0 Å². The molecule has 0 aliphatic carbocycles. The number of benzene rings is 2. The van der Waals surface area contributed by atoms with Gasteiger partial charge in [0.2, 0.25) is 0 Å². The molecule has 0 aliphatic rings. The summed E-state index contributed by atoms with van der Waals surface area (Å²) in [5.74, 6) is 0.948. The summed E-state index contributed by atoms with van der Waals surface area (Å²) in [6, 6.07) is 16.7. The Hall–Kier alpha value is -1.32. The van der Waals surface area contributed by atoms with Crippen molar-refractivity contribution in [3.05, 3.63) is 64.1 Å². The number of nitrogens with one attached hydrogen (secondary N) is 1. The summed E-state index contributed by atoms with van der Waals surface area (Å²) in [4.78, 5) is 0. The van der Waals surface area contributed by atoms with Gasteiger partial charge in [0.05, 0.1) is 12.6 Å². The lowest BCUT2D eigenvalue weighted by atomic mass is 9.97. The van der Waals surface area contributed by atoms with Crippen LogP contribution in [-0.2, 0) is 0 Å². The molecule has 112 valence electrons. The molecule has 0 bridgehead atoms. The third-order valence-electron chi connectivity index (χ3n) is 3.34. The average Bonchev–Trinajstić information content (AvgIpc) is 2.51. The molecule has 2 aromatic carbocycles. The van der Waals surface area contributed by atoms with Crippen LogP contribution in [0, 0.1) is 0 Å². The van der Waals surface area contributed by atoms with Crippen LogP contribution < -0.4 is 10.1 Å². The molecule has 2 aromatic rings. The lowest BCUT2D eigenvalue weighted by Gasteiger charge is -2.23. The summed E-state index contributed by atoms with van der Waals surface area (Å²) in [5.41, 5.74) is 2.41. The van der Waals surface area contributed by atoms with Gasteiger partial charge in [-0.2, -0.15) is 0 Å². The second-order valence-corrected chi connectivity index (χ2v) is 5.73. The van der Waals surface area contributed by atoms with E-state index in [1.165, 1.54) is 11.1 Å². The van der Waals surface area contributed by atoms with Crippen LogP contribution in [-0.4, -0.2) is 13.2 Å². The fourth-order valence-electron chi connectivity index (χ4n) is 2.39. The van der Waals surface area contributed by atoms with E-state index in [-0.39, 0.29) is 6.04 Å². The molecular weight excluding hydrogens is 326 g/mol. The summed E-state index contributed by atoms with van der Waals surface area (Å²) in [6.45, 7) is 5.84. The maximum atomic E-state index is 5.80. The van der Waals surface area contributed by atoms with E-state index in [0.29, 0.717) is 6.61 Å². The van der Waals surface area contributed by atoms with Crippen molar-refractivity contribution in [3.8, 4) is 5.75 Å². The van der Waals surface area contributed by atoms with Crippen molar-refractivity contribution in [1.29, 1.82) is 0 Å². The van der Waals surface area contributed by atoms with Crippen LogP contribution in [0.3, 0.4) is 0 Å². The molecule has 0 aliphatic heterocycles. The van der Waals surface area contributed by atoms with Crippen molar-refractivity contribution < 1.29 is 4.74 Å². The Labute approximate surface area is 135 Å². The molecule has 1 unspecified atom stereocenters. The molecule has 2 rings (SSSR count). The Kier molecular flexibility index (Phi) is 6.27. The van der Waals surface area contributed by atoms with Gasteiger partial charge in [-0.3, -0.25) is 0 Å². The van der Waals surface area contributed by atoms with Crippen LogP contribution in [0.4, 0.5) is 0 Å². The quantitative estimate of drug-likeness (QED) is 0.765. The molecule has 0 radical (unpaired) electrons. The van der Waals surface area contributed by atoms with Crippen molar-refractivity contribution in [1.82, 2.24) is 5.32 Å². The summed E-state index contributed by atoms with van der Waals surface area (Å²) in [5, 5.41) is 3.63. The van der Waals surface area contributed by atoms with Crippen LogP contribution in [0.2, 0.25) is 0 Å². The van der Waals surface area contributed by atoms with Crippen molar-refractivity contribution in [3.63, 3.8) is 0 Å². The number of hydrogen-bond donors (Lipinski definition) is 1. The molecule has 0 fully saturated rings. The lowest BCUT2D eigenvalue weighted by molar-refractivity contribution is 0.333. The topological polar surface area (TPSA) is 21.3 Å². The zero-order valence-corrected chi connectivity index (χ0v) is 14.2. The SMILES string of the molecule is CCCNC(c1ccccc1Br)c1ccccc1OCC. The minimum absolute atomic E-state index is 0.128. The van der Waals surface area contributed by atoms with Gasteiger partial charge in [-0.05, 0) is 37.6 Å². The first-order chi connectivity index (χ1) is 10.3. The molecule has 0 spiro atoms. The fraction of sp³-hybridized carbons (Fsp3) is 0.333. The smallest absolute Gasteiger partial charge is 0.124 e. The van der Waals surface area contributed by atoms with E-state index < -0.39 is 0 Å². The van der Waals surface area contributed by atoms with Crippen molar-refractivity contribution in [2.45, 2.75) is 26.3 Å². The van der Waals surface area contributed by atoms with Gasteiger partial charge in [0.15, 0.2) is 0 Å². The Morgan fingerprint density at radius 2 is 1.67 bits per heavy atom. The molecule has 0 aromatic heterocycles. The normalized spacial score (nSPS) is 12.1. The number of hydrogen-bond acceptors (Lipinski definition) is 2. The third-order valence-corrected chi connectivity index (χ3v) is 4.07. The predicted octanol–water partition coefficient (Wildman–Crippen LogP) is 4.94. The van der Waals surface area contributed by atoms with Crippen LogP contribution >= 0.6 is 15.9 Å². The van der Waals surface area contributed by atoms with E-state index in [1.54, 1.807) is 0 Å². The maximum Gasteiger partial charge on any atom is 0.124 e. The molecular formula is C18H22BrNO. The molecule has 0 heterocycles. The highest BCUT2D eigenvalue weighted by Crippen LogP contribution is 2.33. The molecule has 0 saturated heterocycles. The Balaban J connectivity index is 2.43. The first-order valence-electron chi connectivity index (χ1n) is 7.47. The number of rotatable bonds is 7. The molecule has 21 heavy (non-hydrogen) atoms. The van der Waals surface area contributed by atoms with Crippen molar-refractivity contribution >= 4 is 15.9 Å². The van der Waals surface area contributed by atoms with Gasteiger partial charge < -0.3 is 10.1 Å². The van der Waals surface area contributed by atoms with E-state index in [0.717, 1.165) is 23.2 Å². The summed E-state index contributed by atoms with van der Waals surface area (Å²) < 4.78 is 6.92. The summed E-state index contributed by atoms with van der Waals surface area (Å²) in [7, 11) is 0. The largest absolute Gasteiger partial charge is 0.494 e. The van der Waals surface area contributed by atoms with Gasteiger partial charge in [-0.1, -0.05) is 59.3 Å². The molecule has 3 heteroatoms. The second kappa shape index (κ2) is 8.20. The summed E-state index contributed by atoms with van der Waals surface area (Å²) in [6.07, 6.45) is 1.09. The van der Waals surface area contributed by atoms with E-state index in [9.17, 15) is 0 Å². The standard InChI is InChI=1S/C18H22BrNO/c1-3-13-20-18(14-9-5-7-11-16(14)19)15-10-6-8-12-17(15)21-4-2/h5-12,18,20H,3-4,13H2,1-2H3. The van der Waals surface area contributed by atoms with E-state index in [1.807, 2.05) is 25.1 Å². The lowest BCUT2D eigenvalue weighted by Crippen LogP contribution is -2.24. The minimum atomic E-state index is 0.128. The van der Waals surface area contributed by atoms with Gasteiger partial charge in [-0.15, -0.1) is 0 Å². The van der Waals surface area contributed by atoms with Crippen LogP contribution in [0.5, 0.6) is 5.75 Å². The first kappa shape index (κ1) is 16.1. The van der Waals surface area contributed by atoms with Gasteiger partial charge in [-0.25, -0.2) is 0 Å². The van der Waals surface area contributed by atoms with Gasteiger partial charge >= 0.3 is 0 Å². The number of ether oxygens (including phenoxy) is 1. The van der Waals surface area contributed by atoms with Gasteiger partial charge in [0, 0.05) is 10.0 Å². The minimum Gasteiger partial charge on any atom is -0.494 e. The molecule has 0 saturated carbocycles. The van der Waals surface area contributed by atoms with Gasteiger partial charge in [0.25, 0.3) is 0 Å². The third kappa shape index (κ3) is 4.08. The highest BCUT2D eigenvalue weighted by Gasteiger charge is 2.19. The van der Waals surface area contributed by atoms with Crippen LogP contribution in [0.15, 0.2) is 53.0 Å². The average molecular weight is 348 g/mol. The highest BCUT2D eigenvalue weighted by molar-refractivity contribution is 9.10. The Morgan fingerprint density at radius 3 is 2.33 bits per heavy atom. The fourth-order valence-corrected chi connectivity index (χ4v) is 2.90. The zero-order valence-electron chi connectivity index (χ0n) is 12.6. The molecule has 2 nitrogen and oxygen atoms in total. The Bertz CT molecular complexity index is 571. The van der Waals surface area contributed by atoms with Crippen LogP contribution in [0.25, 0.3) is 0 Å². The van der Waals surface area contributed by atoms with Crippen LogP contribution in [0.1, 0.15) is 37.4 Å². The van der Waals surface area contributed by atoms with Gasteiger partial charge in [0.1, 0.15) is 5.75 Å². The summed E-state index contributed by atoms with van der Waals surface area (Å²) >= 11 is 3.67. The maximum absolute atomic E-state index is 5.80. The monoisotopic (exact) mass is 347 g/mol. The molecule has 1 atom stereocenters. The predicted molar refractivity (Wildman–Crippen MR) is 91.9 cm³/mol. The highest BCUT2D eigenvalue weighted by atomic mass is 79.9. The van der Waals surface area contributed by atoms with Crippen molar-refractivity contribution in [2.75, 3.05) is 13.2 Å². The number of halogens is 1.